The van der Waals surface area contributed by atoms with E-state index in [1.54, 1.807) is 18.3 Å². The molecule has 3 aromatic rings. The predicted octanol–water partition coefficient (Wildman–Crippen LogP) is 1.77. The van der Waals surface area contributed by atoms with Crippen molar-refractivity contribution in [3.63, 3.8) is 0 Å². The molecule has 0 fully saturated rings. The first-order valence-electron chi connectivity index (χ1n) is 4.81. The Bertz CT molecular complexity index is 639. The zero-order valence-electron chi connectivity index (χ0n) is 8.27. The van der Waals surface area contributed by atoms with E-state index in [-0.39, 0.29) is 0 Å². The second-order valence-electron chi connectivity index (χ2n) is 3.45. The molecule has 2 aromatic heterocycles. The van der Waals surface area contributed by atoms with Crippen molar-refractivity contribution in [2.24, 2.45) is 0 Å². The minimum Gasteiger partial charge on any atom is -0.337 e. The molecule has 0 radical (unpaired) electrons. The first-order chi connectivity index (χ1) is 7.86. The predicted molar refractivity (Wildman–Crippen MR) is 59.1 cm³/mol. The number of carbonyl (C=O) groups excluding carboxylic acids is 1. The van der Waals surface area contributed by atoms with Crippen LogP contribution in [0.2, 0.25) is 0 Å². The van der Waals surface area contributed by atoms with E-state index in [1.807, 2.05) is 12.1 Å². The maximum Gasteiger partial charge on any atom is 0.156 e. The number of hydrogen-bond acceptors (Lipinski definition) is 3. The number of aromatic amines is 2. The summed E-state index contributed by atoms with van der Waals surface area (Å²) in [7, 11) is 0. The molecule has 5 heteroatoms. The van der Waals surface area contributed by atoms with E-state index in [4.69, 9.17) is 0 Å². The maximum atomic E-state index is 10.6. The Balaban J connectivity index is 2.19. The van der Waals surface area contributed by atoms with Crippen LogP contribution >= 0.6 is 0 Å². The van der Waals surface area contributed by atoms with Gasteiger partial charge in [-0.15, -0.1) is 0 Å². The molecule has 78 valence electrons. The average molecular weight is 212 g/mol. The Labute approximate surface area is 90.5 Å². The number of nitrogens with one attached hydrogen (secondary N) is 2. The number of hydrogen-bond donors (Lipinski definition) is 2. The van der Waals surface area contributed by atoms with E-state index >= 15 is 0 Å². The van der Waals surface area contributed by atoms with Crippen molar-refractivity contribution >= 4 is 17.3 Å². The molecular formula is C11H8N4O. The zero-order chi connectivity index (χ0) is 11.0. The summed E-state index contributed by atoms with van der Waals surface area (Å²) in [5.74, 6) is 0.718. The molecule has 0 saturated carbocycles. The Morgan fingerprint density at radius 3 is 2.94 bits per heavy atom. The van der Waals surface area contributed by atoms with E-state index in [2.05, 4.69) is 20.2 Å². The van der Waals surface area contributed by atoms with E-state index in [0.29, 0.717) is 5.56 Å². The Kier molecular flexibility index (Phi) is 1.83. The second kappa shape index (κ2) is 3.30. The highest BCUT2D eigenvalue weighted by molar-refractivity contribution is 5.86. The molecule has 0 aliphatic rings. The fraction of sp³-hybridized carbons (Fsp3) is 0. The van der Waals surface area contributed by atoms with Crippen LogP contribution in [0.4, 0.5) is 0 Å². The van der Waals surface area contributed by atoms with Crippen molar-refractivity contribution in [3.8, 4) is 11.5 Å². The molecule has 0 aliphatic carbocycles. The van der Waals surface area contributed by atoms with E-state index in [1.165, 1.54) is 0 Å². The fourth-order valence-corrected chi connectivity index (χ4v) is 1.62. The van der Waals surface area contributed by atoms with Crippen LogP contribution in [0.15, 0.2) is 30.5 Å². The standard InChI is InChI=1S/C11H8N4O/c16-6-7-1-2-8-10(5-7)14-11(13-8)9-3-4-12-15-9/h1-6H,(H,12,15)(H,13,14). The lowest BCUT2D eigenvalue weighted by molar-refractivity contribution is 0.112. The van der Waals surface area contributed by atoms with Crippen molar-refractivity contribution in [1.82, 2.24) is 20.2 Å². The van der Waals surface area contributed by atoms with Gasteiger partial charge in [-0.25, -0.2) is 4.98 Å². The molecule has 0 saturated heterocycles. The lowest BCUT2D eigenvalue weighted by atomic mass is 10.2. The first kappa shape index (κ1) is 8.84. The summed E-state index contributed by atoms with van der Waals surface area (Å²) in [5, 5.41) is 6.69. The second-order valence-corrected chi connectivity index (χ2v) is 3.45. The van der Waals surface area contributed by atoms with Crippen LogP contribution in [0.3, 0.4) is 0 Å². The van der Waals surface area contributed by atoms with Gasteiger partial charge in [-0.3, -0.25) is 9.89 Å². The summed E-state index contributed by atoms with van der Waals surface area (Å²) in [4.78, 5) is 18.2. The smallest absolute Gasteiger partial charge is 0.156 e. The normalized spacial score (nSPS) is 10.8. The highest BCUT2D eigenvalue weighted by Gasteiger charge is 2.06. The molecule has 2 N–H and O–H groups in total. The van der Waals surface area contributed by atoms with Crippen LogP contribution in [-0.2, 0) is 0 Å². The Morgan fingerprint density at radius 2 is 2.19 bits per heavy atom. The number of benzene rings is 1. The van der Waals surface area contributed by atoms with Gasteiger partial charge in [0.25, 0.3) is 0 Å². The molecule has 1 aromatic carbocycles. The molecule has 0 spiro atoms. The van der Waals surface area contributed by atoms with Gasteiger partial charge in [0.15, 0.2) is 5.82 Å². The van der Waals surface area contributed by atoms with Crippen molar-refractivity contribution in [3.05, 3.63) is 36.0 Å². The van der Waals surface area contributed by atoms with Gasteiger partial charge in [0, 0.05) is 11.8 Å². The van der Waals surface area contributed by atoms with Crippen molar-refractivity contribution in [2.75, 3.05) is 0 Å². The van der Waals surface area contributed by atoms with Crippen LogP contribution in [0.25, 0.3) is 22.6 Å². The quantitative estimate of drug-likeness (QED) is 0.635. The summed E-state index contributed by atoms with van der Waals surface area (Å²) >= 11 is 0. The minimum absolute atomic E-state index is 0.632. The van der Waals surface area contributed by atoms with Gasteiger partial charge in [-0.1, -0.05) is 0 Å². The van der Waals surface area contributed by atoms with Crippen LogP contribution in [0.1, 0.15) is 10.4 Å². The summed E-state index contributed by atoms with van der Waals surface area (Å²) in [6.45, 7) is 0. The number of aromatic nitrogens is 4. The first-order valence-corrected chi connectivity index (χ1v) is 4.81. The molecule has 0 bridgehead atoms. The van der Waals surface area contributed by atoms with Crippen molar-refractivity contribution < 1.29 is 4.79 Å². The van der Waals surface area contributed by atoms with Crippen LogP contribution in [0, 0.1) is 0 Å². The number of rotatable bonds is 2. The van der Waals surface area contributed by atoms with Gasteiger partial charge < -0.3 is 4.98 Å². The SMILES string of the molecule is O=Cc1ccc2nc(-c3ccn[nH]3)[nH]c2c1. The zero-order valence-corrected chi connectivity index (χ0v) is 8.27. The Hall–Kier alpha value is -2.43. The summed E-state index contributed by atoms with van der Waals surface area (Å²) in [6, 6.07) is 7.16. The van der Waals surface area contributed by atoms with Crippen LogP contribution < -0.4 is 0 Å². The van der Waals surface area contributed by atoms with E-state index in [0.717, 1.165) is 28.8 Å². The van der Waals surface area contributed by atoms with Gasteiger partial charge in [0.2, 0.25) is 0 Å². The van der Waals surface area contributed by atoms with Crippen LogP contribution in [-0.4, -0.2) is 26.5 Å². The molecule has 16 heavy (non-hydrogen) atoms. The summed E-state index contributed by atoms with van der Waals surface area (Å²) in [6.07, 6.45) is 2.48. The lowest BCUT2D eigenvalue weighted by Gasteiger charge is -1.88. The summed E-state index contributed by atoms with van der Waals surface area (Å²) in [5.41, 5.74) is 3.13. The van der Waals surface area contributed by atoms with Gasteiger partial charge in [-0.2, -0.15) is 5.10 Å². The molecule has 0 unspecified atom stereocenters. The third-order valence-electron chi connectivity index (χ3n) is 2.40. The van der Waals surface area contributed by atoms with Crippen LogP contribution in [0.5, 0.6) is 0 Å². The molecule has 5 nitrogen and oxygen atoms in total. The molecule has 0 atom stereocenters. The molecule has 0 aliphatic heterocycles. The van der Waals surface area contributed by atoms with E-state index in [9.17, 15) is 4.79 Å². The third kappa shape index (κ3) is 1.30. The fourth-order valence-electron chi connectivity index (χ4n) is 1.62. The minimum atomic E-state index is 0.632. The van der Waals surface area contributed by atoms with Gasteiger partial charge in [-0.05, 0) is 24.3 Å². The number of H-pyrrole nitrogens is 2. The number of fused-ring (bicyclic) bond motifs is 1. The maximum absolute atomic E-state index is 10.6. The van der Waals surface area contributed by atoms with E-state index < -0.39 is 0 Å². The van der Waals surface area contributed by atoms with Crippen molar-refractivity contribution in [1.29, 1.82) is 0 Å². The molecule has 3 rings (SSSR count). The largest absolute Gasteiger partial charge is 0.337 e. The Morgan fingerprint density at radius 1 is 1.25 bits per heavy atom. The van der Waals surface area contributed by atoms with Gasteiger partial charge in [0.05, 0.1) is 11.0 Å². The monoisotopic (exact) mass is 212 g/mol. The average Bonchev–Trinajstić information content (AvgIpc) is 2.96. The lowest BCUT2D eigenvalue weighted by Crippen LogP contribution is -1.79. The van der Waals surface area contributed by atoms with Gasteiger partial charge >= 0.3 is 0 Å². The number of nitrogens with zero attached hydrogens (tertiary/aromatic N) is 2. The topological polar surface area (TPSA) is 74.4 Å². The summed E-state index contributed by atoms with van der Waals surface area (Å²) < 4.78 is 0. The number of aldehydes is 1. The van der Waals surface area contributed by atoms with Gasteiger partial charge in [0.1, 0.15) is 12.0 Å². The third-order valence-corrected chi connectivity index (χ3v) is 2.40. The molecular weight excluding hydrogens is 204 g/mol. The number of imidazole rings is 1. The molecule has 0 amide bonds. The molecule has 2 heterocycles. The number of carbonyl (C=O) groups is 1. The van der Waals surface area contributed by atoms with Crippen molar-refractivity contribution in [2.45, 2.75) is 0 Å². The highest BCUT2D eigenvalue weighted by Crippen LogP contribution is 2.18. The highest BCUT2D eigenvalue weighted by atomic mass is 16.1.